The maximum atomic E-state index is 11.2. The fraction of sp³-hybridized carbons (Fsp3) is 0.692. The summed E-state index contributed by atoms with van der Waals surface area (Å²) in [5.41, 5.74) is 0.818. The van der Waals surface area contributed by atoms with Crippen LogP contribution < -0.4 is 4.90 Å². The maximum absolute atomic E-state index is 11.2. The van der Waals surface area contributed by atoms with Gasteiger partial charge in [0, 0.05) is 30.6 Å². The molecule has 1 aromatic heterocycles. The molecule has 6 heteroatoms. The smallest absolute Gasteiger partial charge is 0.312 e. The van der Waals surface area contributed by atoms with Crippen LogP contribution in [0.1, 0.15) is 29.8 Å². The molecule has 2 atom stereocenters. The van der Waals surface area contributed by atoms with E-state index in [0.29, 0.717) is 12.5 Å². The molecule has 0 spiro atoms. The SMILES string of the molecule is CC1CN(C)CCN1c1nc2c(s1)CCC2C(=O)O. The van der Waals surface area contributed by atoms with E-state index in [1.54, 1.807) is 11.3 Å². The minimum absolute atomic E-state index is 0.386. The number of fused-ring (bicyclic) bond motifs is 1. The number of anilines is 1. The van der Waals surface area contributed by atoms with Crippen molar-refractivity contribution >= 4 is 22.4 Å². The molecule has 0 amide bonds. The highest BCUT2D eigenvalue weighted by Gasteiger charge is 2.34. The van der Waals surface area contributed by atoms with Crippen molar-refractivity contribution in [3.05, 3.63) is 10.6 Å². The second kappa shape index (κ2) is 4.76. The maximum Gasteiger partial charge on any atom is 0.312 e. The van der Waals surface area contributed by atoms with E-state index in [-0.39, 0.29) is 5.92 Å². The summed E-state index contributed by atoms with van der Waals surface area (Å²) >= 11 is 1.69. The van der Waals surface area contributed by atoms with E-state index in [1.807, 2.05) is 0 Å². The Balaban J connectivity index is 1.84. The van der Waals surface area contributed by atoms with Gasteiger partial charge < -0.3 is 14.9 Å². The lowest BCUT2D eigenvalue weighted by Gasteiger charge is -2.38. The van der Waals surface area contributed by atoms with Crippen molar-refractivity contribution in [3.63, 3.8) is 0 Å². The monoisotopic (exact) mass is 281 g/mol. The molecule has 1 aliphatic heterocycles. The number of aliphatic carboxylic acids is 1. The molecule has 2 aliphatic rings. The van der Waals surface area contributed by atoms with Crippen molar-refractivity contribution in [3.8, 4) is 0 Å². The molecule has 1 aliphatic carbocycles. The highest BCUT2D eigenvalue weighted by molar-refractivity contribution is 7.15. The number of piperazine rings is 1. The van der Waals surface area contributed by atoms with Gasteiger partial charge in [-0.2, -0.15) is 0 Å². The van der Waals surface area contributed by atoms with E-state index in [1.165, 1.54) is 4.88 Å². The molecular weight excluding hydrogens is 262 g/mol. The lowest BCUT2D eigenvalue weighted by atomic mass is 10.1. The standard InChI is InChI=1S/C13H19N3O2S/c1-8-7-15(2)5-6-16(8)13-14-11-9(12(17)18)3-4-10(11)19-13/h8-9H,3-7H2,1-2H3,(H,17,18). The van der Waals surface area contributed by atoms with Gasteiger partial charge in [0.1, 0.15) is 5.92 Å². The second-order valence-electron chi connectivity index (χ2n) is 5.54. The average Bonchev–Trinajstić information content (AvgIpc) is 2.87. The van der Waals surface area contributed by atoms with E-state index >= 15 is 0 Å². The fourth-order valence-electron chi connectivity index (χ4n) is 3.00. The third-order valence-corrected chi connectivity index (χ3v) is 5.25. The van der Waals surface area contributed by atoms with Gasteiger partial charge in [0.05, 0.1) is 5.69 Å². The third kappa shape index (κ3) is 2.23. The molecule has 0 bridgehead atoms. The zero-order valence-electron chi connectivity index (χ0n) is 11.3. The summed E-state index contributed by atoms with van der Waals surface area (Å²) in [6.45, 7) is 5.25. The lowest BCUT2D eigenvalue weighted by molar-refractivity contribution is -0.138. The van der Waals surface area contributed by atoms with Crippen LogP contribution in [0.2, 0.25) is 0 Å². The van der Waals surface area contributed by atoms with E-state index in [9.17, 15) is 9.90 Å². The van der Waals surface area contributed by atoms with Crippen LogP contribution in [-0.2, 0) is 11.2 Å². The van der Waals surface area contributed by atoms with Gasteiger partial charge in [0.2, 0.25) is 0 Å². The first-order chi connectivity index (χ1) is 9.06. The molecule has 5 nitrogen and oxygen atoms in total. The number of rotatable bonds is 2. The molecular formula is C13H19N3O2S. The molecule has 0 radical (unpaired) electrons. The molecule has 104 valence electrons. The van der Waals surface area contributed by atoms with Crippen LogP contribution >= 0.6 is 11.3 Å². The highest BCUT2D eigenvalue weighted by atomic mass is 32.1. The lowest BCUT2D eigenvalue weighted by Crippen LogP contribution is -2.50. The second-order valence-corrected chi connectivity index (χ2v) is 6.60. The molecule has 1 saturated heterocycles. The topological polar surface area (TPSA) is 56.7 Å². The Labute approximate surface area is 116 Å². The number of likely N-dealkylation sites (N-methyl/N-ethyl adjacent to an activating group) is 1. The molecule has 1 aromatic rings. The van der Waals surface area contributed by atoms with Gasteiger partial charge in [0.15, 0.2) is 5.13 Å². The number of hydrogen-bond acceptors (Lipinski definition) is 5. The van der Waals surface area contributed by atoms with E-state index in [4.69, 9.17) is 0 Å². The fourth-order valence-corrected chi connectivity index (χ4v) is 4.27. The van der Waals surface area contributed by atoms with Gasteiger partial charge in [-0.05, 0) is 26.8 Å². The van der Waals surface area contributed by atoms with Crippen LogP contribution in [0, 0.1) is 0 Å². The number of carbonyl (C=O) groups is 1. The van der Waals surface area contributed by atoms with Gasteiger partial charge in [0.25, 0.3) is 0 Å². The van der Waals surface area contributed by atoms with Crippen molar-refractivity contribution in [2.75, 3.05) is 31.6 Å². The number of thiazole rings is 1. The van der Waals surface area contributed by atoms with Crippen LogP contribution in [0.15, 0.2) is 0 Å². The molecule has 0 aromatic carbocycles. The van der Waals surface area contributed by atoms with Crippen LogP contribution in [0.25, 0.3) is 0 Å². The molecule has 1 N–H and O–H groups in total. The van der Waals surface area contributed by atoms with Crippen LogP contribution in [0.4, 0.5) is 5.13 Å². The highest BCUT2D eigenvalue weighted by Crippen LogP contribution is 2.40. The van der Waals surface area contributed by atoms with Gasteiger partial charge in [-0.25, -0.2) is 4.98 Å². The summed E-state index contributed by atoms with van der Waals surface area (Å²) in [6, 6.07) is 0.438. The zero-order chi connectivity index (χ0) is 13.6. The van der Waals surface area contributed by atoms with E-state index < -0.39 is 5.97 Å². The molecule has 0 saturated carbocycles. The predicted molar refractivity (Wildman–Crippen MR) is 75.1 cm³/mol. The molecule has 2 unspecified atom stereocenters. The van der Waals surface area contributed by atoms with Gasteiger partial charge in [-0.3, -0.25) is 4.79 Å². The Hall–Kier alpha value is -1.14. The van der Waals surface area contributed by atoms with Crippen molar-refractivity contribution in [1.29, 1.82) is 0 Å². The number of carboxylic acids is 1. The molecule has 19 heavy (non-hydrogen) atoms. The zero-order valence-corrected chi connectivity index (χ0v) is 12.1. The number of nitrogens with zero attached hydrogens (tertiary/aromatic N) is 3. The third-order valence-electron chi connectivity index (χ3n) is 4.08. The van der Waals surface area contributed by atoms with Gasteiger partial charge in [-0.1, -0.05) is 0 Å². The first-order valence-electron chi connectivity index (χ1n) is 6.74. The molecule has 2 heterocycles. The largest absolute Gasteiger partial charge is 0.481 e. The summed E-state index contributed by atoms with van der Waals surface area (Å²) < 4.78 is 0. The number of carboxylic acid groups (broad SMARTS) is 1. The summed E-state index contributed by atoms with van der Waals surface area (Å²) in [5, 5.41) is 10.2. The Morgan fingerprint density at radius 1 is 1.47 bits per heavy atom. The van der Waals surface area contributed by atoms with E-state index in [0.717, 1.165) is 36.9 Å². The summed E-state index contributed by atoms with van der Waals surface area (Å²) in [6.07, 6.45) is 1.58. The molecule has 1 fully saturated rings. The minimum Gasteiger partial charge on any atom is -0.481 e. The number of aryl methyl sites for hydroxylation is 1. The Bertz CT molecular complexity index is 502. The van der Waals surface area contributed by atoms with E-state index in [2.05, 4.69) is 28.8 Å². The Morgan fingerprint density at radius 3 is 2.95 bits per heavy atom. The van der Waals surface area contributed by atoms with Crippen LogP contribution in [0.3, 0.4) is 0 Å². The summed E-state index contributed by atoms with van der Waals surface area (Å²) in [5.74, 6) is -1.12. The summed E-state index contributed by atoms with van der Waals surface area (Å²) in [4.78, 5) is 21.7. The first-order valence-corrected chi connectivity index (χ1v) is 7.55. The first kappa shape index (κ1) is 12.9. The molecule has 3 rings (SSSR count). The van der Waals surface area contributed by atoms with Crippen LogP contribution in [0.5, 0.6) is 0 Å². The number of aromatic nitrogens is 1. The predicted octanol–water partition coefficient (Wildman–Crippen LogP) is 1.40. The van der Waals surface area contributed by atoms with Crippen molar-refractivity contribution in [2.45, 2.75) is 31.7 Å². The van der Waals surface area contributed by atoms with Crippen molar-refractivity contribution in [1.82, 2.24) is 9.88 Å². The van der Waals surface area contributed by atoms with Crippen molar-refractivity contribution < 1.29 is 9.90 Å². The normalized spacial score (nSPS) is 27.6. The summed E-state index contributed by atoms with van der Waals surface area (Å²) in [7, 11) is 2.14. The van der Waals surface area contributed by atoms with Gasteiger partial charge >= 0.3 is 5.97 Å². The van der Waals surface area contributed by atoms with Crippen LogP contribution in [-0.4, -0.2) is 53.7 Å². The minimum atomic E-state index is -0.734. The van der Waals surface area contributed by atoms with Gasteiger partial charge in [-0.15, -0.1) is 11.3 Å². The number of hydrogen-bond donors (Lipinski definition) is 1. The Kier molecular flexibility index (Phi) is 3.22. The van der Waals surface area contributed by atoms with Crippen molar-refractivity contribution in [2.24, 2.45) is 0 Å². The quantitative estimate of drug-likeness (QED) is 0.888. The Morgan fingerprint density at radius 2 is 2.26 bits per heavy atom. The average molecular weight is 281 g/mol.